The predicted molar refractivity (Wildman–Crippen MR) is 83.8 cm³/mol. The minimum atomic E-state index is 0.597. The molecule has 104 valence electrons. The molecule has 0 saturated carbocycles. The van der Waals surface area contributed by atoms with E-state index in [2.05, 4.69) is 37.4 Å². The van der Waals surface area contributed by atoms with E-state index in [1.54, 1.807) is 0 Å². The number of rotatable bonds is 7. The third-order valence-electron chi connectivity index (χ3n) is 3.18. The summed E-state index contributed by atoms with van der Waals surface area (Å²) in [5.74, 6) is 1.64. The number of aromatic nitrogens is 3. The highest BCUT2D eigenvalue weighted by atomic mass is 79.9. The second-order valence-corrected chi connectivity index (χ2v) is 5.97. The van der Waals surface area contributed by atoms with E-state index >= 15 is 0 Å². The standard InChI is InChI=1S/C14H19BrClN3/c1-2-3-4-5-8-19-13(6-7-16)18-12-9-11(15)10-17-14(12)19/h9-10H,2-8H2,1H3. The highest BCUT2D eigenvalue weighted by Gasteiger charge is 2.11. The van der Waals surface area contributed by atoms with Gasteiger partial charge in [-0.15, -0.1) is 11.6 Å². The van der Waals surface area contributed by atoms with Gasteiger partial charge in [-0.25, -0.2) is 9.97 Å². The van der Waals surface area contributed by atoms with Gasteiger partial charge in [0.15, 0.2) is 5.65 Å². The Morgan fingerprint density at radius 2 is 2.16 bits per heavy atom. The number of aryl methyl sites for hydroxylation is 2. The molecule has 0 aromatic carbocycles. The van der Waals surface area contributed by atoms with E-state index in [9.17, 15) is 0 Å². The normalized spacial score (nSPS) is 11.3. The zero-order valence-electron chi connectivity index (χ0n) is 11.2. The number of imidazole rings is 1. The Kier molecular flexibility index (Phi) is 5.64. The number of hydrogen-bond donors (Lipinski definition) is 0. The van der Waals surface area contributed by atoms with Gasteiger partial charge < -0.3 is 4.57 Å². The number of unbranched alkanes of at least 4 members (excludes halogenated alkanes) is 3. The Balaban J connectivity index is 2.24. The molecule has 0 aliphatic rings. The third kappa shape index (κ3) is 3.69. The molecule has 0 aliphatic heterocycles. The molecule has 0 radical (unpaired) electrons. The molecule has 0 aliphatic carbocycles. The summed E-state index contributed by atoms with van der Waals surface area (Å²) in [6, 6.07) is 2.02. The van der Waals surface area contributed by atoms with Crippen molar-refractivity contribution in [3.05, 3.63) is 22.6 Å². The fourth-order valence-corrected chi connectivity index (χ4v) is 2.73. The Labute approximate surface area is 127 Å². The Morgan fingerprint density at radius 1 is 1.32 bits per heavy atom. The molecule has 2 heterocycles. The summed E-state index contributed by atoms with van der Waals surface area (Å²) >= 11 is 9.31. The first kappa shape index (κ1) is 14.8. The minimum Gasteiger partial charge on any atom is -0.313 e. The van der Waals surface area contributed by atoms with Crippen molar-refractivity contribution in [3.8, 4) is 0 Å². The van der Waals surface area contributed by atoms with Crippen LogP contribution in [0.15, 0.2) is 16.7 Å². The van der Waals surface area contributed by atoms with Crippen molar-refractivity contribution in [2.75, 3.05) is 5.88 Å². The molecule has 0 amide bonds. The average Bonchev–Trinajstić information content (AvgIpc) is 2.72. The molecule has 2 aromatic rings. The average molecular weight is 345 g/mol. The van der Waals surface area contributed by atoms with Crippen LogP contribution in [0.2, 0.25) is 0 Å². The topological polar surface area (TPSA) is 30.7 Å². The van der Waals surface area contributed by atoms with E-state index in [4.69, 9.17) is 11.6 Å². The fourth-order valence-electron chi connectivity index (χ4n) is 2.24. The number of halogens is 2. The van der Waals surface area contributed by atoms with Crippen molar-refractivity contribution in [3.63, 3.8) is 0 Å². The van der Waals surface area contributed by atoms with E-state index in [-0.39, 0.29) is 0 Å². The summed E-state index contributed by atoms with van der Waals surface area (Å²) in [6.45, 7) is 3.21. The van der Waals surface area contributed by atoms with Gasteiger partial charge in [0, 0.05) is 29.5 Å². The molecule has 0 N–H and O–H groups in total. The summed E-state index contributed by atoms with van der Waals surface area (Å²) in [6.07, 6.45) is 7.60. The van der Waals surface area contributed by atoms with E-state index in [1.807, 2.05) is 12.3 Å². The molecule has 0 atom stereocenters. The highest BCUT2D eigenvalue weighted by molar-refractivity contribution is 9.10. The second-order valence-electron chi connectivity index (χ2n) is 4.68. The van der Waals surface area contributed by atoms with Crippen LogP contribution < -0.4 is 0 Å². The summed E-state index contributed by atoms with van der Waals surface area (Å²) in [5, 5.41) is 0. The van der Waals surface area contributed by atoms with Gasteiger partial charge in [-0.05, 0) is 28.4 Å². The molecule has 0 unspecified atom stereocenters. The molecule has 2 rings (SSSR count). The molecule has 3 nitrogen and oxygen atoms in total. The quantitative estimate of drug-likeness (QED) is 0.545. The summed E-state index contributed by atoms with van der Waals surface area (Å²) in [5.41, 5.74) is 1.92. The van der Waals surface area contributed by atoms with Crippen LogP contribution in [0.4, 0.5) is 0 Å². The lowest BCUT2D eigenvalue weighted by Gasteiger charge is -2.07. The zero-order valence-corrected chi connectivity index (χ0v) is 13.5. The maximum atomic E-state index is 5.87. The summed E-state index contributed by atoms with van der Waals surface area (Å²) in [7, 11) is 0. The monoisotopic (exact) mass is 343 g/mol. The van der Waals surface area contributed by atoms with E-state index in [0.29, 0.717) is 5.88 Å². The second kappa shape index (κ2) is 7.25. The fraction of sp³-hybridized carbons (Fsp3) is 0.571. The SMILES string of the molecule is CCCCCCn1c(CCCl)nc2cc(Br)cnc21. The van der Waals surface area contributed by atoms with Crippen LogP contribution in [0.3, 0.4) is 0 Å². The number of pyridine rings is 1. The van der Waals surface area contributed by atoms with Crippen molar-refractivity contribution in [1.82, 2.24) is 14.5 Å². The first-order valence-corrected chi connectivity index (χ1v) is 8.15. The first-order chi connectivity index (χ1) is 9.26. The van der Waals surface area contributed by atoms with Gasteiger partial charge in [-0.2, -0.15) is 0 Å². The Hall–Kier alpha value is -0.610. The van der Waals surface area contributed by atoms with Crippen molar-refractivity contribution in [1.29, 1.82) is 0 Å². The van der Waals surface area contributed by atoms with Gasteiger partial charge in [0.2, 0.25) is 0 Å². The van der Waals surface area contributed by atoms with Crippen molar-refractivity contribution < 1.29 is 0 Å². The molecule has 0 saturated heterocycles. The largest absolute Gasteiger partial charge is 0.313 e. The summed E-state index contributed by atoms with van der Waals surface area (Å²) in [4.78, 5) is 9.14. The van der Waals surface area contributed by atoms with E-state index in [1.165, 1.54) is 25.7 Å². The molecule has 19 heavy (non-hydrogen) atoms. The highest BCUT2D eigenvalue weighted by Crippen LogP contribution is 2.20. The zero-order chi connectivity index (χ0) is 13.7. The molecule has 2 aromatic heterocycles. The molecule has 5 heteroatoms. The van der Waals surface area contributed by atoms with Gasteiger partial charge in [0.1, 0.15) is 11.3 Å². The van der Waals surface area contributed by atoms with Gasteiger partial charge in [0.05, 0.1) is 0 Å². The lowest BCUT2D eigenvalue weighted by atomic mass is 10.2. The van der Waals surface area contributed by atoms with Crippen LogP contribution in [-0.2, 0) is 13.0 Å². The van der Waals surface area contributed by atoms with Crippen LogP contribution in [-0.4, -0.2) is 20.4 Å². The minimum absolute atomic E-state index is 0.597. The van der Waals surface area contributed by atoms with Crippen LogP contribution in [0.5, 0.6) is 0 Å². The van der Waals surface area contributed by atoms with Crippen LogP contribution in [0.25, 0.3) is 11.2 Å². The van der Waals surface area contributed by atoms with Crippen LogP contribution in [0.1, 0.15) is 38.4 Å². The third-order valence-corrected chi connectivity index (χ3v) is 3.81. The lowest BCUT2D eigenvalue weighted by Crippen LogP contribution is -2.05. The molecule has 0 bridgehead atoms. The van der Waals surface area contributed by atoms with Gasteiger partial charge >= 0.3 is 0 Å². The van der Waals surface area contributed by atoms with Crippen molar-refractivity contribution >= 4 is 38.7 Å². The smallest absolute Gasteiger partial charge is 0.160 e. The summed E-state index contributed by atoms with van der Waals surface area (Å²) < 4.78 is 3.19. The van der Waals surface area contributed by atoms with Crippen LogP contribution in [0, 0.1) is 0 Å². The number of fused-ring (bicyclic) bond motifs is 1. The van der Waals surface area contributed by atoms with Crippen molar-refractivity contribution in [2.24, 2.45) is 0 Å². The molecular formula is C14H19BrClN3. The number of nitrogens with zero attached hydrogens (tertiary/aromatic N) is 3. The Bertz CT molecular complexity index is 539. The van der Waals surface area contributed by atoms with E-state index in [0.717, 1.165) is 34.4 Å². The first-order valence-electron chi connectivity index (χ1n) is 6.83. The predicted octanol–water partition coefficient (Wildman–Crippen LogP) is 4.56. The molecular weight excluding hydrogens is 326 g/mol. The molecule has 0 fully saturated rings. The number of alkyl halides is 1. The van der Waals surface area contributed by atoms with Gasteiger partial charge in [0.25, 0.3) is 0 Å². The van der Waals surface area contributed by atoms with Gasteiger partial charge in [-0.1, -0.05) is 26.2 Å². The molecule has 0 spiro atoms. The van der Waals surface area contributed by atoms with E-state index < -0.39 is 0 Å². The van der Waals surface area contributed by atoms with Gasteiger partial charge in [-0.3, -0.25) is 0 Å². The Morgan fingerprint density at radius 3 is 2.89 bits per heavy atom. The maximum Gasteiger partial charge on any atom is 0.160 e. The van der Waals surface area contributed by atoms with Crippen molar-refractivity contribution in [2.45, 2.75) is 45.6 Å². The lowest BCUT2D eigenvalue weighted by molar-refractivity contribution is 0.574. The van der Waals surface area contributed by atoms with Crippen LogP contribution >= 0.6 is 27.5 Å². The number of hydrogen-bond acceptors (Lipinski definition) is 2. The maximum absolute atomic E-state index is 5.87.